The molecule has 0 spiro atoms. The number of anilines is 2. The number of aliphatic hydroxyl groups is 1. The van der Waals surface area contributed by atoms with E-state index in [1.54, 1.807) is 6.20 Å². The van der Waals surface area contributed by atoms with Crippen LogP contribution in [0.5, 0.6) is 0 Å². The first kappa shape index (κ1) is 18.2. The van der Waals surface area contributed by atoms with E-state index in [4.69, 9.17) is 0 Å². The molecule has 0 aliphatic rings. The molecule has 4 aromatic rings. The van der Waals surface area contributed by atoms with Crippen LogP contribution in [0, 0.1) is 5.41 Å². The average molecular weight is 376 g/mol. The molecule has 1 aromatic carbocycles. The highest BCUT2D eigenvalue weighted by molar-refractivity contribution is 5.80. The Labute approximate surface area is 163 Å². The van der Waals surface area contributed by atoms with E-state index in [-0.39, 0.29) is 12.0 Å². The Morgan fingerprint density at radius 3 is 2.75 bits per heavy atom. The summed E-state index contributed by atoms with van der Waals surface area (Å²) in [6.07, 6.45) is 3.66. The van der Waals surface area contributed by atoms with Crippen LogP contribution in [0.25, 0.3) is 22.1 Å². The van der Waals surface area contributed by atoms with Crippen LogP contribution in [0.4, 0.5) is 11.6 Å². The molecule has 3 aromatic heterocycles. The van der Waals surface area contributed by atoms with Gasteiger partial charge in [0.1, 0.15) is 17.2 Å². The van der Waals surface area contributed by atoms with Gasteiger partial charge < -0.3 is 20.7 Å². The van der Waals surface area contributed by atoms with E-state index in [0.29, 0.717) is 24.6 Å². The molecule has 4 rings (SSSR count). The Morgan fingerprint density at radius 2 is 1.89 bits per heavy atom. The van der Waals surface area contributed by atoms with Gasteiger partial charge in [-0.2, -0.15) is 0 Å². The maximum atomic E-state index is 9.39. The molecule has 7 nitrogen and oxygen atoms in total. The second kappa shape index (κ2) is 7.44. The summed E-state index contributed by atoms with van der Waals surface area (Å²) in [7, 11) is 0. The Kier molecular flexibility index (Phi) is 4.83. The number of aliphatic hydroxyl groups excluding tert-OH is 1. The van der Waals surface area contributed by atoms with Gasteiger partial charge in [0, 0.05) is 36.8 Å². The van der Waals surface area contributed by atoms with Crippen molar-refractivity contribution in [3.8, 4) is 0 Å². The standard InChI is InChI=1S/C21H24N6O/c1-21(2,13-28)12-25-18-6-5-16-20(26-18)27-19(11-23-16)24-10-14-3-4-15-7-8-22-17(15)9-14/h3-9,11,22,28H,10,12-13H2,1-2H3,(H2,24,25,26,27). The lowest BCUT2D eigenvalue weighted by atomic mass is 9.95. The molecule has 0 fully saturated rings. The number of hydrogen-bond donors (Lipinski definition) is 4. The van der Waals surface area contributed by atoms with Crippen molar-refractivity contribution in [1.82, 2.24) is 19.9 Å². The lowest BCUT2D eigenvalue weighted by Crippen LogP contribution is -2.27. The third-order valence-electron chi connectivity index (χ3n) is 4.68. The van der Waals surface area contributed by atoms with Crippen molar-refractivity contribution >= 4 is 33.7 Å². The molecule has 0 aliphatic heterocycles. The predicted octanol–water partition coefficient (Wildman–Crippen LogP) is 3.55. The van der Waals surface area contributed by atoms with Gasteiger partial charge in [-0.25, -0.2) is 15.0 Å². The number of H-pyrrole nitrogens is 1. The van der Waals surface area contributed by atoms with Crippen LogP contribution in [-0.4, -0.2) is 38.2 Å². The Morgan fingerprint density at radius 1 is 1.04 bits per heavy atom. The van der Waals surface area contributed by atoms with Gasteiger partial charge in [-0.3, -0.25) is 0 Å². The van der Waals surface area contributed by atoms with Crippen LogP contribution >= 0.6 is 0 Å². The largest absolute Gasteiger partial charge is 0.396 e. The maximum Gasteiger partial charge on any atom is 0.182 e. The zero-order valence-corrected chi connectivity index (χ0v) is 16.0. The van der Waals surface area contributed by atoms with Crippen LogP contribution in [0.3, 0.4) is 0 Å². The van der Waals surface area contributed by atoms with Crippen molar-refractivity contribution in [3.05, 3.63) is 54.4 Å². The Balaban J connectivity index is 1.48. The molecular formula is C21H24N6O. The number of fused-ring (bicyclic) bond motifs is 2. The first-order valence-electron chi connectivity index (χ1n) is 9.31. The van der Waals surface area contributed by atoms with Gasteiger partial charge in [-0.05, 0) is 35.2 Å². The van der Waals surface area contributed by atoms with Gasteiger partial charge >= 0.3 is 0 Å². The summed E-state index contributed by atoms with van der Waals surface area (Å²) >= 11 is 0. The molecule has 0 unspecified atom stereocenters. The minimum Gasteiger partial charge on any atom is -0.396 e. The van der Waals surface area contributed by atoms with Gasteiger partial charge in [-0.15, -0.1) is 0 Å². The van der Waals surface area contributed by atoms with Gasteiger partial charge in [0.2, 0.25) is 0 Å². The molecule has 0 bridgehead atoms. The molecule has 0 saturated heterocycles. The van der Waals surface area contributed by atoms with Crippen molar-refractivity contribution in [2.45, 2.75) is 20.4 Å². The van der Waals surface area contributed by atoms with Gasteiger partial charge in [0.15, 0.2) is 5.65 Å². The molecule has 0 atom stereocenters. The summed E-state index contributed by atoms with van der Waals surface area (Å²) < 4.78 is 0. The lowest BCUT2D eigenvalue weighted by Gasteiger charge is -2.22. The highest BCUT2D eigenvalue weighted by atomic mass is 16.3. The van der Waals surface area contributed by atoms with Crippen LogP contribution in [0.2, 0.25) is 0 Å². The molecule has 4 N–H and O–H groups in total. The van der Waals surface area contributed by atoms with E-state index < -0.39 is 0 Å². The fraction of sp³-hybridized carbons (Fsp3) is 0.286. The van der Waals surface area contributed by atoms with E-state index in [1.165, 1.54) is 5.39 Å². The number of aromatic nitrogens is 4. The van der Waals surface area contributed by atoms with Crippen molar-refractivity contribution in [3.63, 3.8) is 0 Å². The third kappa shape index (κ3) is 4.04. The molecule has 144 valence electrons. The van der Waals surface area contributed by atoms with E-state index in [1.807, 2.05) is 32.2 Å². The highest BCUT2D eigenvalue weighted by Crippen LogP contribution is 2.18. The van der Waals surface area contributed by atoms with Crippen molar-refractivity contribution in [2.75, 3.05) is 23.8 Å². The van der Waals surface area contributed by atoms with E-state index in [2.05, 4.69) is 54.8 Å². The zero-order valence-electron chi connectivity index (χ0n) is 16.0. The first-order valence-corrected chi connectivity index (χ1v) is 9.31. The van der Waals surface area contributed by atoms with Crippen molar-refractivity contribution < 1.29 is 5.11 Å². The fourth-order valence-electron chi connectivity index (χ4n) is 2.86. The summed E-state index contributed by atoms with van der Waals surface area (Å²) in [5, 5.41) is 17.2. The fourth-order valence-corrected chi connectivity index (χ4v) is 2.86. The highest BCUT2D eigenvalue weighted by Gasteiger charge is 2.16. The Bertz CT molecular complexity index is 1100. The quantitative estimate of drug-likeness (QED) is 0.394. The van der Waals surface area contributed by atoms with Crippen molar-refractivity contribution in [1.29, 1.82) is 0 Å². The normalized spacial score (nSPS) is 11.8. The molecule has 7 heteroatoms. The first-order chi connectivity index (χ1) is 13.5. The molecular weight excluding hydrogens is 352 g/mol. The van der Waals surface area contributed by atoms with E-state index >= 15 is 0 Å². The van der Waals surface area contributed by atoms with Gasteiger partial charge in [0.05, 0.1) is 6.20 Å². The molecule has 28 heavy (non-hydrogen) atoms. The predicted molar refractivity (Wildman–Crippen MR) is 112 cm³/mol. The minimum absolute atomic E-state index is 0.107. The summed E-state index contributed by atoms with van der Waals surface area (Å²) in [4.78, 5) is 16.8. The van der Waals surface area contributed by atoms with E-state index in [9.17, 15) is 5.11 Å². The SMILES string of the molecule is CC(C)(CO)CNc1ccc2ncc(NCc3ccc4cc[nH]c4c3)nc2n1. The van der Waals surface area contributed by atoms with Crippen LogP contribution in [0.1, 0.15) is 19.4 Å². The summed E-state index contributed by atoms with van der Waals surface area (Å²) in [5.41, 5.74) is 3.38. The summed E-state index contributed by atoms with van der Waals surface area (Å²) in [6.45, 7) is 5.36. The second-order valence-electron chi connectivity index (χ2n) is 7.72. The number of rotatable bonds is 7. The zero-order chi connectivity index (χ0) is 19.6. The van der Waals surface area contributed by atoms with E-state index in [0.717, 1.165) is 22.4 Å². The number of benzene rings is 1. The monoisotopic (exact) mass is 376 g/mol. The van der Waals surface area contributed by atoms with Gasteiger partial charge in [0.25, 0.3) is 0 Å². The molecule has 3 heterocycles. The summed E-state index contributed by atoms with van der Waals surface area (Å²) in [6, 6.07) is 12.2. The number of nitrogens with zero attached hydrogens (tertiary/aromatic N) is 3. The average Bonchev–Trinajstić information content (AvgIpc) is 3.18. The minimum atomic E-state index is -0.216. The number of hydrogen-bond acceptors (Lipinski definition) is 6. The number of nitrogens with one attached hydrogen (secondary N) is 3. The van der Waals surface area contributed by atoms with Crippen LogP contribution < -0.4 is 10.6 Å². The topological polar surface area (TPSA) is 98.8 Å². The smallest absolute Gasteiger partial charge is 0.182 e. The van der Waals surface area contributed by atoms with Crippen molar-refractivity contribution in [2.24, 2.45) is 5.41 Å². The molecule has 0 radical (unpaired) electrons. The second-order valence-corrected chi connectivity index (χ2v) is 7.72. The third-order valence-corrected chi connectivity index (χ3v) is 4.68. The number of aromatic amines is 1. The van der Waals surface area contributed by atoms with Crippen LogP contribution in [-0.2, 0) is 6.54 Å². The molecule has 0 aliphatic carbocycles. The number of pyridine rings is 1. The van der Waals surface area contributed by atoms with Gasteiger partial charge in [-0.1, -0.05) is 26.0 Å². The Hall–Kier alpha value is -3.19. The molecule has 0 amide bonds. The maximum absolute atomic E-state index is 9.39. The summed E-state index contributed by atoms with van der Waals surface area (Å²) in [5.74, 6) is 1.40. The lowest BCUT2D eigenvalue weighted by molar-refractivity contribution is 0.170. The van der Waals surface area contributed by atoms with Crippen LogP contribution in [0.15, 0.2) is 48.8 Å². The molecule has 0 saturated carbocycles.